The van der Waals surface area contributed by atoms with Crippen LogP contribution < -0.4 is 10.9 Å². The Bertz CT molecular complexity index is 1040. The van der Waals surface area contributed by atoms with Gasteiger partial charge in [-0.3, -0.25) is 19.6 Å². The molecule has 2 aromatic heterocycles. The van der Waals surface area contributed by atoms with Crippen molar-refractivity contribution in [2.24, 2.45) is 5.92 Å². The number of likely N-dealkylation sites (tertiary alicyclic amines) is 1. The predicted molar refractivity (Wildman–Crippen MR) is 109 cm³/mol. The maximum atomic E-state index is 13.1. The van der Waals surface area contributed by atoms with Crippen LogP contribution in [0.25, 0.3) is 0 Å². The van der Waals surface area contributed by atoms with E-state index in [0.717, 1.165) is 49.8 Å². The second-order valence-electron chi connectivity index (χ2n) is 9.31. The van der Waals surface area contributed by atoms with Crippen LogP contribution in [0.3, 0.4) is 0 Å². The number of amides is 1. The average Bonchev–Trinajstić information content (AvgIpc) is 3.44. The van der Waals surface area contributed by atoms with Gasteiger partial charge >= 0.3 is 0 Å². The summed E-state index contributed by atoms with van der Waals surface area (Å²) in [6.45, 7) is 4.67. The van der Waals surface area contributed by atoms with E-state index in [1.165, 1.54) is 12.8 Å². The number of rotatable bonds is 5. The number of H-pyrrole nitrogens is 1. The van der Waals surface area contributed by atoms with Crippen molar-refractivity contribution in [3.63, 3.8) is 0 Å². The molecule has 3 aliphatic heterocycles. The fourth-order valence-corrected chi connectivity index (χ4v) is 5.22. The van der Waals surface area contributed by atoms with E-state index >= 15 is 0 Å². The molecule has 6 rings (SSSR count). The highest BCUT2D eigenvalue weighted by atomic mass is 16.5. The second-order valence-corrected chi connectivity index (χ2v) is 9.31. The van der Waals surface area contributed by atoms with Crippen molar-refractivity contribution in [2.45, 2.75) is 50.2 Å². The SMILES string of the molecule is O=C(NCc1cc(C2CC2)n[nH]1)c1ccc2n(c1=O)C[C@H]1C[C@@H]2CN(C2COC2)C1. The van der Waals surface area contributed by atoms with Crippen LogP contribution in [0.4, 0.5) is 0 Å². The molecule has 2 N–H and O–H groups in total. The zero-order valence-corrected chi connectivity index (χ0v) is 17.0. The highest BCUT2D eigenvalue weighted by Gasteiger charge is 2.39. The molecule has 8 nitrogen and oxygen atoms in total. The summed E-state index contributed by atoms with van der Waals surface area (Å²) in [4.78, 5) is 28.4. The normalized spacial score (nSPS) is 26.1. The molecule has 5 heterocycles. The number of hydrogen-bond acceptors (Lipinski definition) is 5. The third-order valence-corrected chi connectivity index (χ3v) is 7.10. The molecule has 30 heavy (non-hydrogen) atoms. The first kappa shape index (κ1) is 18.3. The molecule has 0 radical (unpaired) electrons. The van der Waals surface area contributed by atoms with Crippen LogP contribution in [-0.2, 0) is 17.8 Å². The lowest BCUT2D eigenvalue weighted by molar-refractivity contribution is -0.0827. The predicted octanol–water partition coefficient (Wildman–Crippen LogP) is 1.20. The van der Waals surface area contributed by atoms with Crippen molar-refractivity contribution in [3.05, 3.63) is 51.2 Å². The summed E-state index contributed by atoms with van der Waals surface area (Å²) < 4.78 is 7.22. The van der Waals surface area contributed by atoms with Crippen LogP contribution >= 0.6 is 0 Å². The van der Waals surface area contributed by atoms with Crippen molar-refractivity contribution in [3.8, 4) is 0 Å². The van der Waals surface area contributed by atoms with Crippen LogP contribution in [0.5, 0.6) is 0 Å². The number of aromatic amines is 1. The molecule has 0 spiro atoms. The zero-order valence-electron chi connectivity index (χ0n) is 17.0. The van der Waals surface area contributed by atoms with Gasteiger partial charge in [0, 0.05) is 37.2 Å². The Morgan fingerprint density at radius 1 is 1.20 bits per heavy atom. The Labute approximate surface area is 174 Å². The molecule has 2 aromatic rings. The second kappa shape index (κ2) is 7.06. The number of pyridine rings is 1. The Kier molecular flexibility index (Phi) is 4.31. The molecule has 4 aliphatic rings. The number of hydrogen-bond donors (Lipinski definition) is 2. The van der Waals surface area contributed by atoms with Crippen molar-refractivity contribution >= 4 is 5.91 Å². The van der Waals surface area contributed by atoms with Gasteiger partial charge in [-0.25, -0.2) is 0 Å². The van der Waals surface area contributed by atoms with Crippen LogP contribution in [0, 0.1) is 5.92 Å². The first-order chi connectivity index (χ1) is 14.7. The van der Waals surface area contributed by atoms with Crippen LogP contribution in [0.2, 0.25) is 0 Å². The van der Waals surface area contributed by atoms with Gasteiger partial charge in [-0.15, -0.1) is 0 Å². The fraction of sp³-hybridized carbons (Fsp3) is 0.591. The number of ether oxygens (including phenoxy) is 1. The van der Waals surface area contributed by atoms with E-state index in [1.807, 2.05) is 16.7 Å². The summed E-state index contributed by atoms with van der Waals surface area (Å²) in [5.41, 5.74) is 3.08. The molecule has 3 fully saturated rings. The molecule has 2 bridgehead atoms. The Balaban J connectivity index is 1.18. The highest BCUT2D eigenvalue weighted by molar-refractivity contribution is 5.93. The van der Waals surface area contributed by atoms with E-state index in [0.29, 0.717) is 36.9 Å². The number of carbonyl (C=O) groups excluding carboxylic acids is 1. The van der Waals surface area contributed by atoms with Crippen LogP contribution in [-0.4, -0.2) is 57.9 Å². The molecule has 0 unspecified atom stereocenters. The van der Waals surface area contributed by atoms with Gasteiger partial charge < -0.3 is 14.6 Å². The van der Waals surface area contributed by atoms with Gasteiger partial charge in [-0.2, -0.15) is 5.10 Å². The first-order valence-electron chi connectivity index (χ1n) is 11.0. The monoisotopic (exact) mass is 409 g/mol. The summed E-state index contributed by atoms with van der Waals surface area (Å²) in [5, 5.41) is 10.2. The van der Waals surface area contributed by atoms with Gasteiger partial charge in [-0.05, 0) is 43.4 Å². The molecule has 8 heteroatoms. The lowest BCUT2D eigenvalue weighted by Crippen LogP contribution is -2.56. The average molecular weight is 409 g/mol. The Morgan fingerprint density at radius 3 is 2.83 bits per heavy atom. The summed E-state index contributed by atoms with van der Waals surface area (Å²) in [6, 6.07) is 6.23. The third-order valence-electron chi connectivity index (χ3n) is 7.10. The minimum absolute atomic E-state index is 0.164. The molecule has 2 saturated heterocycles. The zero-order chi connectivity index (χ0) is 20.2. The molecule has 158 valence electrons. The third kappa shape index (κ3) is 3.18. The summed E-state index contributed by atoms with van der Waals surface area (Å²) in [7, 11) is 0. The number of nitrogens with one attached hydrogen (secondary N) is 2. The van der Waals surface area contributed by atoms with E-state index in [9.17, 15) is 9.59 Å². The quantitative estimate of drug-likeness (QED) is 0.774. The van der Waals surface area contributed by atoms with Gasteiger partial charge in [-0.1, -0.05) is 0 Å². The van der Waals surface area contributed by atoms with Crippen molar-refractivity contribution < 1.29 is 9.53 Å². The summed E-state index contributed by atoms with van der Waals surface area (Å²) >= 11 is 0. The van der Waals surface area contributed by atoms with Gasteiger partial charge in [0.25, 0.3) is 11.5 Å². The first-order valence-corrected chi connectivity index (χ1v) is 11.0. The van der Waals surface area contributed by atoms with Crippen molar-refractivity contribution in [2.75, 3.05) is 26.3 Å². The Hall–Kier alpha value is -2.45. The minimum Gasteiger partial charge on any atom is -0.378 e. The van der Waals surface area contributed by atoms with Crippen molar-refractivity contribution in [1.29, 1.82) is 0 Å². The summed E-state index contributed by atoms with van der Waals surface area (Å²) in [6.07, 6.45) is 3.51. The number of piperidine rings is 1. The number of nitrogens with zero attached hydrogens (tertiary/aromatic N) is 3. The molecule has 2 atom stereocenters. The maximum absolute atomic E-state index is 13.1. The molecule has 1 aliphatic carbocycles. The van der Waals surface area contributed by atoms with Gasteiger partial charge in [0.1, 0.15) is 5.56 Å². The minimum atomic E-state index is -0.318. The molecular formula is C22H27N5O3. The summed E-state index contributed by atoms with van der Waals surface area (Å²) in [5.74, 6) is 1.07. The highest BCUT2D eigenvalue weighted by Crippen LogP contribution is 2.39. The topological polar surface area (TPSA) is 92.2 Å². The van der Waals surface area contributed by atoms with Crippen LogP contribution in [0.1, 0.15) is 58.5 Å². The van der Waals surface area contributed by atoms with E-state index in [4.69, 9.17) is 4.74 Å². The lowest BCUT2D eigenvalue weighted by Gasteiger charge is -2.47. The van der Waals surface area contributed by atoms with Gasteiger partial charge in [0.05, 0.1) is 37.2 Å². The fourth-order valence-electron chi connectivity index (χ4n) is 5.22. The van der Waals surface area contributed by atoms with E-state index in [2.05, 4.69) is 20.4 Å². The van der Waals surface area contributed by atoms with Crippen molar-refractivity contribution in [1.82, 2.24) is 25.0 Å². The maximum Gasteiger partial charge on any atom is 0.263 e. The van der Waals surface area contributed by atoms with Gasteiger partial charge in [0.2, 0.25) is 0 Å². The lowest BCUT2D eigenvalue weighted by atomic mass is 9.82. The molecule has 1 saturated carbocycles. The smallest absolute Gasteiger partial charge is 0.263 e. The molecule has 0 aromatic carbocycles. The number of fused-ring (bicyclic) bond motifs is 4. The Morgan fingerprint density at radius 2 is 2.07 bits per heavy atom. The standard InChI is InChI=1S/C22H27N5O3/c28-21(23-7-16-6-19(25-24-16)14-1-2-14)18-3-4-20-15-5-13(9-27(20)22(18)29)8-26(10-15)17-11-30-12-17/h3-4,6,13-15,17H,1-2,5,7-12H2,(H,23,28)(H,24,25)/t13-,15+/m0/s1. The van der Waals surface area contributed by atoms with E-state index in [-0.39, 0.29) is 17.0 Å². The van der Waals surface area contributed by atoms with E-state index in [1.54, 1.807) is 6.07 Å². The number of carbonyl (C=O) groups is 1. The molecular weight excluding hydrogens is 382 g/mol. The van der Waals surface area contributed by atoms with Crippen LogP contribution in [0.15, 0.2) is 23.0 Å². The number of aromatic nitrogens is 3. The largest absolute Gasteiger partial charge is 0.378 e. The van der Waals surface area contributed by atoms with Gasteiger partial charge in [0.15, 0.2) is 0 Å². The van der Waals surface area contributed by atoms with E-state index < -0.39 is 0 Å². The molecule has 1 amide bonds.